The third kappa shape index (κ3) is 15.9. The first-order valence-corrected chi connectivity index (χ1v) is 19.9. The van der Waals surface area contributed by atoms with E-state index in [-0.39, 0.29) is 37.0 Å². The summed E-state index contributed by atoms with van der Waals surface area (Å²) in [7, 11) is -4.14. The SMILES string of the molecule is CC/C=C\C/C=C\C/C=C\C/C=C\C/C=C\C/C=C\CCC(=O)NCCNP(=O)(OC[C@H]1O[C@@H](n2ccc(N)nc2=O)[C@H](F)[C@]1(C)O)Oc1ccccc1. The highest BCUT2D eigenvalue weighted by Crippen LogP contribution is 2.46. The number of nitrogens with one attached hydrogen (secondary N) is 2. The van der Waals surface area contributed by atoms with E-state index < -0.39 is 44.1 Å². The summed E-state index contributed by atoms with van der Waals surface area (Å²) in [5.74, 6) is -0.00471. The van der Waals surface area contributed by atoms with E-state index in [0.717, 1.165) is 43.1 Å². The van der Waals surface area contributed by atoms with Crippen molar-refractivity contribution >= 4 is 19.5 Å². The zero-order valence-corrected chi connectivity index (χ0v) is 32.1. The minimum absolute atomic E-state index is 0.0124. The van der Waals surface area contributed by atoms with E-state index in [0.29, 0.717) is 6.42 Å². The molecule has 1 unspecified atom stereocenters. The molecule has 1 fully saturated rings. The summed E-state index contributed by atoms with van der Waals surface area (Å²) in [4.78, 5) is 28.3. The van der Waals surface area contributed by atoms with Gasteiger partial charge in [0.2, 0.25) is 5.91 Å². The lowest BCUT2D eigenvalue weighted by Gasteiger charge is -2.27. The highest BCUT2D eigenvalue weighted by atomic mass is 31.2. The predicted molar refractivity (Wildman–Crippen MR) is 211 cm³/mol. The highest BCUT2D eigenvalue weighted by Gasteiger charge is 2.55. The number of aliphatic hydroxyl groups is 1. The molecule has 0 spiro atoms. The summed E-state index contributed by atoms with van der Waals surface area (Å²) in [6.07, 6.45) is 28.3. The van der Waals surface area contributed by atoms with Gasteiger partial charge in [0, 0.05) is 25.7 Å². The molecule has 1 aromatic carbocycles. The average Bonchev–Trinajstić information content (AvgIpc) is 3.37. The zero-order valence-electron chi connectivity index (χ0n) is 31.2. The zero-order chi connectivity index (χ0) is 39.1. The fourth-order valence-electron chi connectivity index (χ4n) is 5.10. The van der Waals surface area contributed by atoms with Crippen molar-refractivity contribution in [1.82, 2.24) is 20.0 Å². The number of nitrogens with two attached hydrogens (primary N) is 1. The van der Waals surface area contributed by atoms with Gasteiger partial charge in [-0.2, -0.15) is 4.98 Å². The number of hydrogen-bond donors (Lipinski definition) is 4. The molecule has 294 valence electrons. The van der Waals surface area contributed by atoms with E-state index in [4.69, 9.17) is 19.5 Å². The molecule has 1 amide bonds. The van der Waals surface area contributed by atoms with Gasteiger partial charge in [0.25, 0.3) is 0 Å². The van der Waals surface area contributed by atoms with Crippen LogP contribution in [0.5, 0.6) is 5.75 Å². The van der Waals surface area contributed by atoms with Crippen LogP contribution in [0.2, 0.25) is 0 Å². The van der Waals surface area contributed by atoms with Crippen LogP contribution in [-0.4, -0.2) is 58.1 Å². The molecule has 1 aliphatic heterocycles. The first-order chi connectivity index (χ1) is 26.1. The molecule has 5 N–H and O–H groups in total. The predicted octanol–water partition coefficient (Wildman–Crippen LogP) is 7.20. The largest absolute Gasteiger partial charge is 0.458 e. The number of carbonyl (C=O) groups excluding carboxylic acids is 1. The number of aromatic nitrogens is 2. The van der Waals surface area contributed by atoms with Crippen LogP contribution in [-0.2, 0) is 18.6 Å². The molecule has 0 saturated carbocycles. The van der Waals surface area contributed by atoms with Gasteiger partial charge in [-0.1, -0.05) is 98.0 Å². The molecule has 0 aliphatic carbocycles. The first-order valence-electron chi connectivity index (χ1n) is 18.3. The Bertz CT molecular complexity index is 1710. The number of benzene rings is 1. The van der Waals surface area contributed by atoms with Crippen LogP contribution in [0.1, 0.15) is 71.4 Å². The van der Waals surface area contributed by atoms with Gasteiger partial charge in [-0.05, 0) is 70.1 Å². The molecule has 0 bridgehead atoms. The molecule has 2 heterocycles. The highest BCUT2D eigenvalue weighted by molar-refractivity contribution is 7.52. The number of nitrogens with zero attached hydrogens (tertiary/aromatic N) is 2. The molecule has 1 saturated heterocycles. The Morgan fingerprint density at radius 3 is 2.11 bits per heavy atom. The number of para-hydroxylation sites is 1. The Morgan fingerprint density at radius 2 is 1.54 bits per heavy atom. The van der Waals surface area contributed by atoms with Crippen molar-refractivity contribution in [1.29, 1.82) is 0 Å². The number of anilines is 1. The topological polar surface area (TPSA) is 167 Å². The second kappa shape index (κ2) is 24.1. The number of nitrogen functional groups attached to an aromatic ring is 1. The molecule has 12 nitrogen and oxygen atoms in total. The van der Waals surface area contributed by atoms with Crippen LogP contribution >= 0.6 is 7.75 Å². The minimum Gasteiger partial charge on any atom is -0.413 e. The summed E-state index contributed by atoms with van der Waals surface area (Å²) in [5, 5.41) is 16.4. The minimum atomic E-state index is -4.14. The third-order valence-electron chi connectivity index (χ3n) is 8.14. The third-order valence-corrected chi connectivity index (χ3v) is 9.69. The van der Waals surface area contributed by atoms with E-state index in [1.54, 1.807) is 30.3 Å². The summed E-state index contributed by atoms with van der Waals surface area (Å²) in [6, 6.07) is 9.56. The lowest BCUT2D eigenvalue weighted by Crippen LogP contribution is -2.45. The maximum absolute atomic E-state index is 15.3. The summed E-state index contributed by atoms with van der Waals surface area (Å²) in [5.41, 5.74) is 2.55. The van der Waals surface area contributed by atoms with Crippen LogP contribution in [0, 0.1) is 0 Å². The lowest BCUT2D eigenvalue weighted by molar-refractivity contribution is -0.120. The molecule has 2 aromatic rings. The van der Waals surface area contributed by atoms with Gasteiger partial charge in [0.15, 0.2) is 12.4 Å². The van der Waals surface area contributed by atoms with E-state index >= 15 is 4.39 Å². The van der Waals surface area contributed by atoms with Crippen molar-refractivity contribution < 1.29 is 32.6 Å². The second-order valence-corrected chi connectivity index (χ2v) is 14.3. The van der Waals surface area contributed by atoms with Gasteiger partial charge in [-0.3, -0.25) is 13.9 Å². The Hall–Kier alpha value is -4.39. The smallest absolute Gasteiger partial charge is 0.413 e. The molecule has 1 aliphatic rings. The van der Waals surface area contributed by atoms with Crippen molar-refractivity contribution in [2.75, 3.05) is 25.4 Å². The Labute approximate surface area is 318 Å². The van der Waals surface area contributed by atoms with Gasteiger partial charge in [0.1, 0.15) is 23.3 Å². The van der Waals surface area contributed by atoms with Crippen molar-refractivity contribution in [3.63, 3.8) is 0 Å². The molecule has 14 heteroatoms. The monoisotopic (exact) mass is 767 g/mol. The number of alkyl halides is 1. The number of carbonyl (C=O) groups is 1. The maximum atomic E-state index is 15.3. The van der Waals surface area contributed by atoms with E-state index in [2.05, 4.69) is 83.1 Å². The summed E-state index contributed by atoms with van der Waals surface area (Å²) < 4.78 is 46.9. The average molecular weight is 768 g/mol. The summed E-state index contributed by atoms with van der Waals surface area (Å²) >= 11 is 0. The molecule has 5 atom stereocenters. The number of hydrogen-bond acceptors (Lipinski definition) is 9. The Morgan fingerprint density at radius 1 is 0.963 bits per heavy atom. The molecular weight excluding hydrogens is 712 g/mol. The molecule has 1 aromatic heterocycles. The second-order valence-electron chi connectivity index (χ2n) is 12.6. The number of rotatable bonds is 24. The molecular formula is C40H55FN5O7P. The lowest BCUT2D eigenvalue weighted by atomic mass is 9.96. The van der Waals surface area contributed by atoms with Gasteiger partial charge in [0.05, 0.1) is 6.61 Å². The Kier molecular flexibility index (Phi) is 19.6. The van der Waals surface area contributed by atoms with Crippen molar-refractivity contribution in [2.24, 2.45) is 0 Å². The number of amides is 1. The fourth-order valence-corrected chi connectivity index (χ4v) is 6.43. The van der Waals surface area contributed by atoms with Gasteiger partial charge in [-0.15, -0.1) is 0 Å². The molecule has 54 heavy (non-hydrogen) atoms. The molecule has 3 rings (SSSR count). The van der Waals surface area contributed by atoms with Crippen molar-refractivity contribution in [3.8, 4) is 5.75 Å². The number of ether oxygens (including phenoxy) is 1. The van der Waals surface area contributed by atoms with E-state index in [1.165, 1.54) is 19.2 Å². The normalized spacial score (nSPS) is 21.7. The van der Waals surface area contributed by atoms with Crippen LogP contribution in [0.3, 0.4) is 0 Å². The van der Waals surface area contributed by atoms with E-state index in [1.807, 2.05) is 12.2 Å². The van der Waals surface area contributed by atoms with E-state index in [9.17, 15) is 19.3 Å². The quantitative estimate of drug-likeness (QED) is 0.0488. The van der Waals surface area contributed by atoms with Crippen molar-refractivity contribution in [3.05, 3.63) is 126 Å². The maximum Gasteiger partial charge on any atom is 0.458 e. The Balaban J connectivity index is 1.36. The van der Waals surface area contributed by atoms with Crippen LogP contribution in [0.15, 0.2) is 120 Å². The summed E-state index contributed by atoms with van der Waals surface area (Å²) in [6.45, 7) is 2.89. The number of allylic oxidation sites excluding steroid dienone is 12. The first kappa shape index (κ1) is 44.0. The standard InChI is InChI=1S/C40H55FN5O7P/c1-3-4-5-6-7-8-9-10-11-12-13-14-15-16-17-18-19-20-24-27-36(47)43-29-30-44-54(50,53-33-25-22-21-23-26-33)51-32-34-40(2,49)37(41)38(52-34)46-31-28-35(42)45-39(46)48/h4-5,7-8,10-11,13-14,16-17,19-23,25-26,28,31,34,37-38,49H,3,6,9,12,15,18,24,27,29-30,32H2,1-2H3,(H,43,47)(H,44,50)(H2,42,45,48)/b5-4-,8-7-,11-10-,14-13-,17-16-,20-19-/t34-,37+,38-,40-,54?/m1/s1. The van der Waals surface area contributed by atoms with Crippen molar-refractivity contribution in [2.45, 2.75) is 89.3 Å². The van der Waals surface area contributed by atoms with Crippen LogP contribution in [0.25, 0.3) is 0 Å². The van der Waals surface area contributed by atoms with Gasteiger partial charge in [-0.25, -0.2) is 18.8 Å². The number of halogens is 1. The van der Waals surface area contributed by atoms with Crippen LogP contribution in [0.4, 0.5) is 10.2 Å². The van der Waals surface area contributed by atoms with Gasteiger partial charge >= 0.3 is 13.4 Å². The van der Waals surface area contributed by atoms with Gasteiger partial charge < -0.3 is 25.4 Å². The van der Waals surface area contributed by atoms with Crippen LogP contribution < -0.4 is 26.4 Å². The fraction of sp³-hybridized carbons (Fsp3) is 0.425. The molecule has 0 radical (unpaired) electrons.